The molecule has 5 heteroatoms. The van der Waals surface area contributed by atoms with Crippen molar-refractivity contribution in [1.29, 1.82) is 0 Å². The normalized spacial score (nSPS) is 11.7. The van der Waals surface area contributed by atoms with Crippen LogP contribution in [0.2, 0.25) is 0 Å². The molecule has 0 saturated carbocycles. The third-order valence-corrected chi connectivity index (χ3v) is 17.3. The molecule has 0 aliphatic carbocycles. The summed E-state index contributed by atoms with van der Waals surface area (Å²) in [7, 11) is 0. The Labute approximate surface area is 404 Å². The zero-order valence-corrected chi connectivity index (χ0v) is 44.8. The smallest absolute Gasteiger partial charge is 0.141 e. The van der Waals surface area contributed by atoms with Crippen LogP contribution < -0.4 is 0 Å². The maximum Gasteiger partial charge on any atom is 0.158 e. The Bertz CT molecular complexity index is 1330. The van der Waals surface area contributed by atoms with E-state index < -0.39 is 0 Å². The number of nitrogens with zero attached hydrogens (tertiary/aromatic N) is 2. The van der Waals surface area contributed by atoms with Crippen LogP contribution in [0.25, 0.3) is 19.8 Å². The summed E-state index contributed by atoms with van der Waals surface area (Å²) < 4.78 is 0. The van der Waals surface area contributed by atoms with E-state index in [2.05, 4.69) is 38.5 Å². The van der Waals surface area contributed by atoms with Gasteiger partial charge in [-0.15, -0.1) is 32.9 Å². The standard InChI is InChI=1S/C58H102N2S3/c1-5-9-13-17-21-25-29-33-37-41-45-51-49-61-55(53(51)47-43-39-35-31-27-23-19-15-11-7-3)57-59-60-58(63-57)56-54(48-44-40-36-32-28-24-20-16-12-8-4)52(50-62-56)46-42-38-34-30-26-22-18-14-10-6-2/h49-50H,5-48H2,1-4H3. The van der Waals surface area contributed by atoms with E-state index in [1.54, 1.807) is 22.3 Å². The predicted molar refractivity (Wildman–Crippen MR) is 289 cm³/mol. The van der Waals surface area contributed by atoms with Crippen LogP contribution in [-0.4, -0.2) is 10.2 Å². The van der Waals surface area contributed by atoms with E-state index in [0.29, 0.717) is 0 Å². The first kappa shape index (κ1) is 56.3. The molecule has 0 unspecified atom stereocenters. The molecule has 0 radical (unpaired) electrons. The van der Waals surface area contributed by atoms with Gasteiger partial charge in [0, 0.05) is 0 Å². The molecule has 362 valence electrons. The van der Waals surface area contributed by atoms with Gasteiger partial charge in [-0.05, 0) is 84.4 Å². The fourth-order valence-corrected chi connectivity index (χ4v) is 13.1. The molecule has 0 aromatic carbocycles. The van der Waals surface area contributed by atoms with Crippen LogP contribution in [0.3, 0.4) is 0 Å². The van der Waals surface area contributed by atoms with Crippen LogP contribution in [0.4, 0.5) is 0 Å². The van der Waals surface area contributed by atoms with Crippen molar-refractivity contribution in [3.63, 3.8) is 0 Å². The van der Waals surface area contributed by atoms with Gasteiger partial charge in [0.2, 0.25) is 0 Å². The molecule has 0 aliphatic heterocycles. The van der Waals surface area contributed by atoms with Gasteiger partial charge in [0.25, 0.3) is 0 Å². The summed E-state index contributed by atoms with van der Waals surface area (Å²) in [5, 5.41) is 17.4. The van der Waals surface area contributed by atoms with Crippen molar-refractivity contribution in [2.24, 2.45) is 0 Å². The monoisotopic (exact) mass is 923 g/mol. The molecule has 0 bridgehead atoms. The third kappa shape index (κ3) is 26.2. The Balaban J connectivity index is 1.64. The Morgan fingerprint density at radius 2 is 0.508 bits per heavy atom. The van der Waals surface area contributed by atoms with Gasteiger partial charge < -0.3 is 0 Å². The highest BCUT2D eigenvalue weighted by molar-refractivity contribution is 7.25. The Hall–Kier alpha value is -1.04. The Kier molecular flexibility index (Phi) is 35.8. The van der Waals surface area contributed by atoms with Gasteiger partial charge in [-0.2, -0.15) is 0 Å². The van der Waals surface area contributed by atoms with E-state index in [1.807, 2.05) is 34.0 Å². The molecular formula is C58H102N2S3. The summed E-state index contributed by atoms with van der Waals surface area (Å²) in [5.41, 5.74) is 6.49. The number of aromatic nitrogens is 2. The lowest BCUT2D eigenvalue weighted by atomic mass is 9.98. The number of rotatable bonds is 46. The van der Waals surface area contributed by atoms with Crippen LogP contribution in [0, 0.1) is 0 Å². The van der Waals surface area contributed by atoms with Crippen LogP contribution >= 0.6 is 34.0 Å². The molecule has 0 N–H and O–H groups in total. The predicted octanol–water partition coefficient (Wildman–Crippen LogP) is 21.8. The molecule has 3 heterocycles. The SMILES string of the molecule is CCCCCCCCCCCCc1csc(-c2nnc(-c3scc(CCCCCCCCCCCC)c3CCCCCCCCCCCC)s2)c1CCCCCCCCCCCC. The van der Waals surface area contributed by atoms with Crippen molar-refractivity contribution in [2.75, 3.05) is 0 Å². The summed E-state index contributed by atoms with van der Waals surface area (Å²) in [5.74, 6) is 0. The van der Waals surface area contributed by atoms with Gasteiger partial charge in [0.15, 0.2) is 10.0 Å². The van der Waals surface area contributed by atoms with Gasteiger partial charge >= 0.3 is 0 Å². The van der Waals surface area contributed by atoms with E-state index in [9.17, 15) is 0 Å². The Morgan fingerprint density at radius 3 is 0.762 bits per heavy atom. The van der Waals surface area contributed by atoms with Crippen molar-refractivity contribution >= 4 is 34.0 Å². The molecule has 63 heavy (non-hydrogen) atoms. The zero-order valence-electron chi connectivity index (χ0n) is 42.4. The number of thiophene rings is 2. The lowest BCUT2D eigenvalue weighted by Gasteiger charge is -2.08. The summed E-state index contributed by atoms with van der Waals surface area (Å²) in [4.78, 5) is 2.88. The maximum atomic E-state index is 5.01. The van der Waals surface area contributed by atoms with Crippen LogP contribution in [0.5, 0.6) is 0 Å². The minimum absolute atomic E-state index is 1.18. The topological polar surface area (TPSA) is 25.8 Å². The lowest BCUT2D eigenvalue weighted by Crippen LogP contribution is -1.94. The maximum absolute atomic E-state index is 5.01. The first-order valence-corrected chi connectivity index (χ1v) is 30.8. The van der Waals surface area contributed by atoms with E-state index in [-0.39, 0.29) is 0 Å². The molecule has 3 aromatic rings. The van der Waals surface area contributed by atoms with Crippen molar-refractivity contribution in [1.82, 2.24) is 10.2 Å². The summed E-state index contributed by atoms with van der Waals surface area (Å²) in [6.45, 7) is 9.28. The molecule has 0 atom stereocenters. The van der Waals surface area contributed by atoms with Gasteiger partial charge in [-0.25, -0.2) is 0 Å². The fraction of sp³-hybridized carbons (Fsp3) is 0.828. The molecule has 0 fully saturated rings. The average molecular weight is 924 g/mol. The second kappa shape index (κ2) is 40.1. The highest BCUT2D eigenvalue weighted by Crippen LogP contribution is 2.42. The van der Waals surface area contributed by atoms with Gasteiger partial charge in [-0.3, -0.25) is 0 Å². The molecule has 3 rings (SSSR count). The number of aryl methyl sites for hydroxylation is 2. The number of hydrogen-bond donors (Lipinski definition) is 0. The third-order valence-electron chi connectivity index (χ3n) is 13.9. The highest BCUT2D eigenvalue weighted by atomic mass is 32.1. The van der Waals surface area contributed by atoms with Gasteiger partial charge in [0.1, 0.15) is 0 Å². The van der Waals surface area contributed by atoms with Crippen molar-refractivity contribution in [2.45, 2.75) is 310 Å². The molecule has 0 amide bonds. The molecule has 0 spiro atoms. The quantitative estimate of drug-likeness (QED) is 0.0528. The van der Waals surface area contributed by atoms with Crippen LogP contribution in [0.1, 0.15) is 307 Å². The zero-order chi connectivity index (χ0) is 44.7. The molecule has 2 nitrogen and oxygen atoms in total. The van der Waals surface area contributed by atoms with Crippen molar-refractivity contribution in [3.05, 3.63) is 33.0 Å². The number of hydrogen-bond acceptors (Lipinski definition) is 5. The van der Waals surface area contributed by atoms with Gasteiger partial charge in [-0.1, -0.05) is 270 Å². The minimum Gasteiger partial charge on any atom is -0.141 e. The van der Waals surface area contributed by atoms with Crippen LogP contribution in [0.15, 0.2) is 10.8 Å². The van der Waals surface area contributed by atoms with E-state index in [0.717, 1.165) is 0 Å². The number of unbranched alkanes of at least 4 members (excludes halogenated alkanes) is 36. The average Bonchev–Trinajstić information content (AvgIpc) is 4.05. The molecule has 3 aromatic heterocycles. The first-order chi connectivity index (χ1) is 31.2. The lowest BCUT2D eigenvalue weighted by molar-refractivity contribution is 0.553. The molecule has 0 aliphatic rings. The largest absolute Gasteiger partial charge is 0.158 e. The van der Waals surface area contributed by atoms with Crippen LogP contribution in [-0.2, 0) is 25.7 Å². The summed E-state index contributed by atoms with van der Waals surface area (Å²) in [6, 6.07) is 0. The second-order valence-corrected chi connectivity index (χ2v) is 22.5. The van der Waals surface area contributed by atoms with Crippen molar-refractivity contribution in [3.8, 4) is 19.8 Å². The second-order valence-electron chi connectivity index (χ2n) is 19.8. The Morgan fingerprint density at radius 1 is 0.286 bits per heavy atom. The summed E-state index contributed by atoms with van der Waals surface area (Å²) in [6.07, 6.45) is 60.9. The minimum atomic E-state index is 1.18. The summed E-state index contributed by atoms with van der Waals surface area (Å²) >= 11 is 5.84. The molecule has 0 saturated heterocycles. The fourth-order valence-electron chi connectivity index (χ4n) is 9.75. The molecular weight excluding hydrogens is 821 g/mol. The van der Waals surface area contributed by atoms with E-state index in [4.69, 9.17) is 10.2 Å². The van der Waals surface area contributed by atoms with E-state index in [1.165, 1.54) is 302 Å². The first-order valence-electron chi connectivity index (χ1n) is 28.3. The highest BCUT2D eigenvalue weighted by Gasteiger charge is 2.21. The van der Waals surface area contributed by atoms with Gasteiger partial charge in [0.05, 0.1) is 9.75 Å². The van der Waals surface area contributed by atoms with E-state index >= 15 is 0 Å². The van der Waals surface area contributed by atoms with Crippen molar-refractivity contribution < 1.29 is 0 Å².